The van der Waals surface area contributed by atoms with Crippen molar-refractivity contribution in [1.29, 1.82) is 0 Å². The van der Waals surface area contributed by atoms with Crippen molar-refractivity contribution in [2.75, 3.05) is 6.61 Å². The van der Waals surface area contributed by atoms with Crippen molar-refractivity contribution < 1.29 is 19.7 Å². The molecule has 5 aromatic rings. The van der Waals surface area contributed by atoms with Crippen molar-refractivity contribution in [2.45, 2.75) is 19.8 Å². The first-order valence-electron chi connectivity index (χ1n) is 11.1. The number of phenols is 2. The number of ether oxygens (including phenoxy) is 2. The summed E-state index contributed by atoms with van der Waals surface area (Å²) in [7, 11) is 0. The minimum atomic E-state index is 0.143. The monoisotopic (exact) mass is 446 g/mol. The number of terminal acetylenes is 1. The molecule has 0 saturated heterocycles. The molecule has 0 heterocycles. The quantitative estimate of drug-likeness (QED) is 0.176. The number of unbranched alkanes of at least 4 members (excludes halogenated alkanes) is 1. The first-order chi connectivity index (χ1) is 16.6. The molecule has 5 aromatic carbocycles. The van der Waals surface area contributed by atoms with E-state index in [1.165, 1.54) is 0 Å². The van der Waals surface area contributed by atoms with E-state index in [2.05, 4.69) is 24.9 Å². The lowest BCUT2D eigenvalue weighted by atomic mass is 9.96. The molecule has 34 heavy (non-hydrogen) atoms. The standard InChI is InChI=1S/C30H22O4/c1-3-5-11-33-23-9-7-19-13-21-16-26-22(15-25(21)29(31)27(19)17-23)14-20-8-10-24(34-12-6-4-2)18-28(20)30(26)32/h1,7-10,13-18,31-32H,4,6,12H2,2H3. The fraction of sp³-hybridized carbons (Fsp3) is 0.133. The summed E-state index contributed by atoms with van der Waals surface area (Å²) in [6.07, 6.45) is 9.60. The van der Waals surface area contributed by atoms with Gasteiger partial charge in [-0.3, -0.25) is 0 Å². The Hall–Kier alpha value is -4.54. The van der Waals surface area contributed by atoms with Crippen molar-refractivity contribution in [3.05, 3.63) is 60.7 Å². The van der Waals surface area contributed by atoms with Gasteiger partial charge in [-0.25, -0.2) is 0 Å². The molecule has 0 fully saturated rings. The number of hydrogen-bond donors (Lipinski definition) is 2. The summed E-state index contributed by atoms with van der Waals surface area (Å²) in [5.74, 6) is 6.18. The first kappa shape index (κ1) is 21.3. The minimum absolute atomic E-state index is 0.143. The van der Waals surface area contributed by atoms with E-state index in [9.17, 15) is 10.2 Å². The zero-order valence-corrected chi connectivity index (χ0v) is 18.7. The van der Waals surface area contributed by atoms with Crippen LogP contribution in [0.3, 0.4) is 0 Å². The molecule has 0 unspecified atom stereocenters. The SMILES string of the molecule is C#CC#COc1ccc2cc3cc4c(O)c5cc(OCCCC)ccc5cc4cc3c(O)c2c1. The van der Waals surface area contributed by atoms with Crippen LogP contribution in [0, 0.1) is 24.4 Å². The van der Waals surface area contributed by atoms with Crippen LogP contribution < -0.4 is 9.47 Å². The van der Waals surface area contributed by atoms with Crippen molar-refractivity contribution in [1.82, 2.24) is 0 Å². The highest BCUT2D eigenvalue weighted by Gasteiger charge is 2.13. The highest BCUT2D eigenvalue weighted by molar-refractivity contribution is 6.14. The summed E-state index contributed by atoms with van der Waals surface area (Å²) in [5, 5.41) is 28.4. The summed E-state index contributed by atoms with van der Waals surface area (Å²) in [6, 6.07) is 18.9. The number of rotatable bonds is 5. The molecule has 2 N–H and O–H groups in total. The maximum atomic E-state index is 11.1. The molecule has 0 atom stereocenters. The lowest BCUT2D eigenvalue weighted by molar-refractivity contribution is 0.309. The Labute approximate surface area is 197 Å². The van der Waals surface area contributed by atoms with Gasteiger partial charge in [-0.2, -0.15) is 0 Å². The molecular formula is C30H22O4. The summed E-state index contributed by atoms with van der Waals surface area (Å²) >= 11 is 0. The van der Waals surface area contributed by atoms with E-state index >= 15 is 0 Å². The van der Waals surface area contributed by atoms with Gasteiger partial charge in [0.05, 0.1) is 6.61 Å². The van der Waals surface area contributed by atoms with Gasteiger partial charge in [0.15, 0.2) is 0 Å². The van der Waals surface area contributed by atoms with Gasteiger partial charge in [0.1, 0.15) is 29.1 Å². The highest BCUT2D eigenvalue weighted by atomic mass is 16.5. The highest BCUT2D eigenvalue weighted by Crippen LogP contribution is 2.42. The van der Waals surface area contributed by atoms with Crippen LogP contribution >= 0.6 is 0 Å². The molecule has 0 amide bonds. The van der Waals surface area contributed by atoms with Gasteiger partial charge in [0.25, 0.3) is 0 Å². The fourth-order valence-electron chi connectivity index (χ4n) is 4.24. The van der Waals surface area contributed by atoms with Crippen LogP contribution in [0.25, 0.3) is 43.1 Å². The molecule has 0 saturated carbocycles. The Balaban J connectivity index is 1.66. The lowest BCUT2D eigenvalue weighted by Gasteiger charge is -2.12. The largest absolute Gasteiger partial charge is 0.507 e. The average Bonchev–Trinajstić information content (AvgIpc) is 2.85. The number of benzene rings is 5. The zero-order valence-electron chi connectivity index (χ0n) is 18.7. The molecule has 4 heteroatoms. The number of phenolic OH excluding ortho intramolecular Hbond substituents is 2. The molecule has 0 aliphatic rings. The van der Waals surface area contributed by atoms with Crippen LogP contribution in [0.2, 0.25) is 0 Å². The lowest BCUT2D eigenvalue weighted by Crippen LogP contribution is -1.96. The molecule has 0 aliphatic carbocycles. The van der Waals surface area contributed by atoms with E-state index in [1.54, 1.807) is 12.1 Å². The minimum Gasteiger partial charge on any atom is -0.507 e. The van der Waals surface area contributed by atoms with Crippen molar-refractivity contribution >= 4 is 43.1 Å². The van der Waals surface area contributed by atoms with Crippen molar-refractivity contribution in [3.63, 3.8) is 0 Å². The molecular weight excluding hydrogens is 424 g/mol. The normalized spacial score (nSPS) is 10.8. The maximum Gasteiger partial charge on any atom is 0.141 e. The van der Waals surface area contributed by atoms with Crippen molar-refractivity contribution in [3.8, 4) is 47.4 Å². The van der Waals surface area contributed by atoms with Gasteiger partial charge in [0, 0.05) is 27.5 Å². The number of hydrogen-bond acceptors (Lipinski definition) is 4. The molecule has 0 aliphatic heterocycles. The number of fused-ring (bicyclic) bond motifs is 4. The average molecular weight is 447 g/mol. The van der Waals surface area contributed by atoms with E-state index in [0.717, 1.165) is 45.5 Å². The predicted octanol–water partition coefficient (Wildman–Crippen LogP) is 6.86. The Bertz CT molecular complexity index is 1680. The Morgan fingerprint density at radius 3 is 1.88 bits per heavy atom. The molecule has 0 spiro atoms. The zero-order chi connectivity index (χ0) is 23.7. The smallest absolute Gasteiger partial charge is 0.141 e. The Kier molecular flexibility index (Phi) is 5.50. The van der Waals surface area contributed by atoms with Gasteiger partial charge in [-0.1, -0.05) is 25.5 Å². The number of aromatic hydroxyl groups is 2. The molecule has 0 aromatic heterocycles. The molecule has 5 rings (SSSR count). The van der Waals surface area contributed by atoms with Gasteiger partial charge >= 0.3 is 0 Å². The van der Waals surface area contributed by atoms with Crippen LogP contribution in [0.15, 0.2) is 60.7 Å². The van der Waals surface area contributed by atoms with Crippen LogP contribution in [0.1, 0.15) is 19.8 Å². The Morgan fingerprint density at radius 2 is 1.29 bits per heavy atom. The molecule has 166 valence electrons. The summed E-state index contributed by atoms with van der Waals surface area (Å²) in [4.78, 5) is 0. The van der Waals surface area contributed by atoms with E-state index in [0.29, 0.717) is 28.5 Å². The van der Waals surface area contributed by atoms with E-state index in [1.807, 2.05) is 48.5 Å². The second kappa shape index (κ2) is 8.77. The summed E-state index contributed by atoms with van der Waals surface area (Å²) in [5.41, 5.74) is 0. The van der Waals surface area contributed by atoms with Crippen molar-refractivity contribution in [2.24, 2.45) is 0 Å². The summed E-state index contributed by atoms with van der Waals surface area (Å²) < 4.78 is 11.2. The summed E-state index contributed by atoms with van der Waals surface area (Å²) in [6.45, 7) is 2.77. The second-order valence-electron chi connectivity index (χ2n) is 8.19. The van der Waals surface area contributed by atoms with E-state index in [-0.39, 0.29) is 11.5 Å². The topological polar surface area (TPSA) is 58.9 Å². The van der Waals surface area contributed by atoms with Gasteiger partial charge < -0.3 is 19.7 Å². The fourth-order valence-corrected chi connectivity index (χ4v) is 4.24. The third kappa shape index (κ3) is 3.76. The van der Waals surface area contributed by atoms with E-state index in [4.69, 9.17) is 15.9 Å². The molecule has 0 radical (unpaired) electrons. The van der Waals surface area contributed by atoms with Crippen LogP contribution in [0.5, 0.6) is 23.0 Å². The van der Waals surface area contributed by atoms with Crippen LogP contribution in [0.4, 0.5) is 0 Å². The van der Waals surface area contributed by atoms with E-state index < -0.39 is 0 Å². The molecule has 4 nitrogen and oxygen atoms in total. The first-order valence-corrected chi connectivity index (χ1v) is 11.1. The van der Waals surface area contributed by atoms with Gasteiger partial charge in [-0.05, 0) is 82.4 Å². The third-order valence-electron chi connectivity index (χ3n) is 5.97. The maximum absolute atomic E-state index is 11.1. The van der Waals surface area contributed by atoms with Crippen LogP contribution in [-0.2, 0) is 0 Å². The molecule has 0 bridgehead atoms. The second-order valence-corrected chi connectivity index (χ2v) is 8.19. The Morgan fingerprint density at radius 1 is 0.735 bits per heavy atom. The van der Waals surface area contributed by atoms with Crippen LogP contribution in [-0.4, -0.2) is 16.8 Å². The van der Waals surface area contributed by atoms with Gasteiger partial charge in [0.2, 0.25) is 0 Å². The predicted molar refractivity (Wildman–Crippen MR) is 137 cm³/mol. The third-order valence-corrected chi connectivity index (χ3v) is 5.97. The van der Waals surface area contributed by atoms with Gasteiger partial charge in [-0.15, -0.1) is 6.42 Å².